The van der Waals surface area contributed by atoms with Gasteiger partial charge in [0.2, 0.25) is 0 Å². The Morgan fingerprint density at radius 3 is 2.65 bits per heavy atom. The minimum atomic E-state index is -2.91. The molecule has 0 spiro atoms. The maximum Gasteiger partial charge on any atom is 0.387 e. The van der Waals surface area contributed by atoms with Crippen LogP contribution in [-0.4, -0.2) is 6.61 Å². The van der Waals surface area contributed by atoms with Crippen LogP contribution >= 0.6 is 11.6 Å². The molecule has 2 aromatic rings. The Morgan fingerprint density at radius 2 is 2.00 bits per heavy atom. The summed E-state index contributed by atoms with van der Waals surface area (Å²) in [5, 5.41) is 9.21. The molecule has 0 fully saturated rings. The Kier molecular flexibility index (Phi) is 4.54. The smallest absolute Gasteiger partial charge is 0.387 e. The van der Waals surface area contributed by atoms with Gasteiger partial charge < -0.3 is 4.74 Å². The van der Waals surface area contributed by atoms with E-state index in [4.69, 9.17) is 16.9 Å². The van der Waals surface area contributed by atoms with Gasteiger partial charge in [-0.1, -0.05) is 29.8 Å². The lowest BCUT2D eigenvalue weighted by Gasteiger charge is -2.12. The van der Waals surface area contributed by atoms with E-state index in [1.807, 2.05) is 6.07 Å². The van der Waals surface area contributed by atoms with Crippen molar-refractivity contribution in [3.8, 4) is 22.9 Å². The number of alkyl halides is 2. The van der Waals surface area contributed by atoms with Crippen LogP contribution in [0.4, 0.5) is 8.78 Å². The fraction of sp³-hybridized carbons (Fsp3) is 0.133. The van der Waals surface area contributed by atoms with Gasteiger partial charge in [-0.15, -0.1) is 0 Å². The third-order valence-corrected chi connectivity index (χ3v) is 2.91. The summed E-state index contributed by atoms with van der Waals surface area (Å²) in [5.41, 5.74) is 1.87. The molecule has 0 heterocycles. The summed E-state index contributed by atoms with van der Waals surface area (Å²) in [6.07, 6.45) is 0.197. The average Bonchev–Trinajstić information content (AvgIpc) is 2.40. The van der Waals surface area contributed by atoms with Crippen molar-refractivity contribution in [1.29, 1.82) is 5.26 Å². The van der Waals surface area contributed by atoms with Gasteiger partial charge in [-0.25, -0.2) is 0 Å². The molecule has 20 heavy (non-hydrogen) atoms. The predicted molar refractivity (Wildman–Crippen MR) is 72.8 cm³/mol. The minimum absolute atomic E-state index is 0.0592. The summed E-state index contributed by atoms with van der Waals surface area (Å²) >= 11 is 5.91. The van der Waals surface area contributed by atoms with Crippen molar-refractivity contribution in [2.75, 3.05) is 0 Å². The SMILES string of the molecule is N#CCc1ccc(OC(F)F)c(-c2cccc(Cl)c2)c1. The molecule has 0 N–H and O–H groups in total. The largest absolute Gasteiger partial charge is 0.434 e. The van der Waals surface area contributed by atoms with E-state index < -0.39 is 6.61 Å². The standard InChI is InChI=1S/C15H10ClF2NO/c16-12-3-1-2-11(9-12)13-8-10(6-7-19)4-5-14(13)20-15(17)18/h1-5,8-9,15H,6H2. The number of nitrogens with zero attached hydrogens (tertiary/aromatic N) is 1. The van der Waals surface area contributed by atoms with E-state index in [9.17, 15) is 8.78 Å². The molecular formula is C15H10ClF2NO. The maximum absolute atomic E-state index is 12.4. The highest BCUT2D eigenvalue weighted by molar-refractivity contribution is 6.30. The fourth-order valence-electron chi connectivity index (χ4n) is 1.86. The first-order valence-electron chi connectivity index (χ1n) is 5.81. The first-order chi connectivity index (χ1) is 9.60. The number of rotatable bonds is 4. The Hall–Kier alpha value is -2.12. The summed E-state index contributed by atoms with van der Waals surface area (Å²) in [6, 6.07) is 13.5. The number of hydrogen-bond acceptors (Lipinski definition) is 2. The zero-order valence-electron chi connectivity index (χ0n) is 10.3. The topological polar surface area (TPSA) is 33.0 Å². The molecule has 0 saturated heterocycles. The van der Waals surface area contributed by atoms with E-state index in [0.29, 0.717) is 16.1 Å². The number of benzene rings is 2. The molecule has 0 aliphatic rings. The molecule has 0 atom stereocenters. The van der Waals surface area contributed by atoms with Crippen molar-refractivity contribution in [2.45, 2.75) is 13.0 Å². The van der Waals surface area contributed by atoms with Crippen molar-refractivity contribution >= 4 is 11.6 Å². The van der Waals surface area contributed by atoms with Crippen LogP contribution in [0.5, 0.6) is 5.75 Å². The quantitative estimate of drug-likeness (QED) is 0.820. The van der Waals surface area contributed by atoms with Gasteiger partial charge in [0, 0.05) is 10.6 Å². The molecule has 0 aliphatic carbocycles. The van der Waals surface area contributed by atoms with Crippen molar-refractivity contribution < 1.29 is 13.5 Å². The highest BCUT2D eigenvalue weighted by Crippen LogP contribution is 2.33. The third kappa shape index (κ3) is 3.46. The number of ether oxygens (including phenoxy) is 1. The van der Waals surface area contributed by atoms with Crippen LogP contribution in [0, 0.1) is 11.3 Å². The first kappa shape index (κ1) is 14.3. The van der Waals surface area contributed by atoms with Gasteiger partial charge in [-0.2, -0.15) is 14.0 Å². The highest BCUT2D eigenvalue weighted by Gasteiger charge is 2.12. The molecule has 5 heteroatoms. The van der Waals surface area contributed by atoms with E-state index in [1.165, 1.54) is 6.07 Å². The first-order valence-corrected chi connectivity index (χ1v) is 6.18. The van der Waals surface area contributed by atoms with Crippen LogP contribution in [0.2, 0.25) is 5.02 Å². The predicted octanol–water partition coefficient (Wildman–Crippen LogP) is 4.67. The van der Waals surface area contributed by atoms with Crippen molar-refractivity contribution in [2.24, 2.45) is 0 Å². The van der Waals surface area contributed by atoms with Gasteiger partial charge >= 0.3 is 6.61 Å². The van der Waals surface area contributed by atoms with Gasteiger partial charge in [-0.3, -0.25) is 0 Å². The molecule has 0 aliphatic heterocycles. The van der Waals surface area contributed by atoms with Gasteiger partial charge in [0.1, 0.15) is 5.75 Å². The second-order valence-corrected chi connectivity index (χ2v) is 4.49. The van der Waals surface area contributed by atoms with Crippen LogP contribution in [0.15, 0.2) is 42.5 Å². The van der Waals surface area contributed by atoms with Crippen LogP contribution in [0.25, 0.3) is 11.1 Å². The molecule has 2 nitrogen and oxygen atoms in total. The van der Waals surface area contributed by atoms with E-state index in [0.717, 1.165) is 5.56 Å². The summed E-state index contributed by atoms with van der Waals surface area (Å²) < 4.78 is 29.4. The molecule has 0 saturated carbocycles. The zero-order chi connectivity index (χ0) is 14.5. The van der Waals surface area contributed by atoms with Crippen LogP contribution < -0.4 is 4.74 Å². The van der Waals surface area contributed by atoms with E-state index >= 15 is 0 Å². The number of nitriles is 1. The Balaban J connectivity index is 2.51. The highest BCUT2D eigenvalue weighted by atomic mass is 35.5. The molecule has 0 radical (unpaired) electrons. The summed E-state index contributed by atoms with van der Waals surface area (Å²) in [4.78, 5) is 0. The normalized spacial score (nSPS) is 10.3. The van der Waals surface area contributed by atoms with Crippen molar-refractivity contribution in [3.63, 3.8) is 0 Å². The van der Waals surface area contributed by atoms with Gasteiger partial charge in [-0.05, 0) is 35.4 Å². The molecule has 2 rings (SSSR count). The Labute approximate surface area is 120 Å². The fourth-order valence-corrected chi connectivity index (χ4v) is 2.05. The minimum Gasteiger partial charge on any atom is -0.434 e. The molecule has 102 valence electrons. The Bertz CT molecular complexity index is 653. The van der Waals surface area contributed by atoms with Gasteiger partial charge in [0.15, 0.2) is 0 Å². The molecule has 2 aromatic carbocycles. The van der Waals surface area contributed by atoms with Gasteiger partial charge in [0.05, 0.1) is 12.5 Å². The molecule has 0 bridgehead atoms. The second-order valence-electron chi connectivity index (χ2n) is 4.05. The van der Waals surface area contributed by atoms with Crippen molar-refractivity contribution in [3.05, 3.63) is 53.1 Å². The lowest BCUT2D eigenvalue weighted by atomic mass is 10.0. The van der Waals surface area contributed by atoms with E-state index in [-0.39, 0.29) is 12.2 Å². The third-order valence-electron chi connectivity index (χ3n) is 2.68. The Morgan fingerprint density at radius 1 is 1.20 bits per heavy atom. The van der Waals surface area contributed by atoms with Crippen molar-refractivity contribution in [1.82, 2.24) is 0 Å². The number of halogens is 3. The van der Waals surface area contributed by atoms with E-state index in [1.54, 1.807) is 36.4 Å². The van der Waals surface area contributed by atoms with Crippen LogP contribution in [0.1, 0.15) is 5.56 Å². The summed E-state index contributed by atoms with van der Waals surface area (Å²) in [7, 11) is 0. The average molecular weight is 294 g/mol. The summed E-state index contributed by atoms with van der Waals surface area (Å²) in [5.74, 6) is 0.0592. The second kappa shape index (κ2) is 6.36. The number of hydrogen-bond donors (Lipinski definition) is 0. The van der Waals surface area contributed by atoms with Crippen LogP contribution in [0.3, 0.4) is 0 Å². The van der Waals surface area contributed by atoms with E-state index in [2.05, 4.69) is 4.74 Å². The molecule has 0 aromatic heterocycles. The summed E-state index contributed by atoms with van der Waals surface area (Å²) in [6.45, 7) is -2.91. The van der Waals surface area contributed by atoms with Crippen LogP contribution in [-0.2, 0) is 6.42 Å². The monoisotopic (exact) mass is 293 g/mol. The molecule has 0 amide bonds. The van der Waals surface area contributed by atoms with Gasteiger partial charge in [0.25, 0.3) is 0 Å². The lowest BCUT2D eigenvalue weighted by molar-refractivity contribution is -0.0494. The lowest BCUT2D eigenvalue weighted by Crippen LogP contribution is -2.03. The maximum atomic E-state index is 12.4. The molecule has 0 unspecified atom stereocenters. The molecular weight excluding hydrogens is 284 g/mol. The zero-order valence-corrected chi connectivity index (χ0v) is 11.1.